The van der Waals surface area contributed by atoms with Gasteiger partial charge in [-0.25, -0.2) is 4.79 Å². The molecular formula is C13H15N3O3. The van der Waals surface area contributed by atoms with Gasteiger partial charge in [0.15, 0.2) is 11.5 Å². The van der Waals surface area contributed by atoms with Crippen molar-refractivity contribution in [2.45, 2.75) is 19.5 Å². The van der Waals surface area contributed by atoms with E-state index < -0.39 is 0 Å². The molecule has 1 N–H and O–H groups in total. The summed E-state index contributed by atoms with van der Waals surface area (Å²) >= 11 is 0. The first-order valence-electron chi connectivity index (χ1n) is 6.07. The summed E-state index contributed by atoms with van der Waals surface area (Å²) in [7, 11) is 3.15. The Morgan fingerprint density at radius 2 is 2.00 bits per heavy atom. The van der Waals surface area contributed by atoms with Crippen LogP contribution in [0.2, 0.25) is 0 Å². The molecule has 0 saturated heterocycles. The van der Waals surface area contributed by atoms with Crippen molar-refractivity contribution in [1.82, 2.24) is 9.55 Å². The number of nitrogens with one attached hydrogen (secondary N) is 1. The summed E-state index contributed by atoms with van der Waals surface area (Å²) < 4.78 is 12.2. The van der Waals surface area contributed by atoms with Gasteiger partial charge in [0.1, 0.15) is 5.82 Å². The predicted octanol–water partition coefficient (Wildman–Crippen LogP) is 1.23. The molecule has 2 heterocycles. The zero-order valence-electron chi connectivity index (χ0n) is 11.1. The van der Waals surface area contributed by atoms with Gasteiger partial charge in [0.25, 0.3) is 0 Å². The maximum Gasteiger partial charge on any atom is 0.349 e. The van der Waals surface area contributed by atoms with E-state index in [1.54, 1.807) is 24.9 Å². The van der Waals surface area contributed by atoms with E-state index in [1.807, 2.05) is 13.0 Å². The molecule has 0 fully saturated rings. The summed E-state index contributed by atoms with van der Waals surface area (Å²) in [4.78, 5) is 16.1. The zero-order chi connectivity index (χ0) is 13.6. The number of aromatic nitrogens is 2. The lowest BCUT2D eigenvalue weighted by molar-refractivity contribution is 0.355. The number of fused-ring (bicyclic) bond motifs is 3. The van der Waals surface area contributed by atoms with Crippen LogP contribution in [0.25, 0.3) is 10.9 Å². The predicted molar refractivity (Wildman–Crippen MR) is 72.2 cm³/mol. The highest BCUT2D eigenvalue weighted by Gasteiger charge is 2.22. The SMILES string of the molecule is COc1cc2nc(=O)n3c(c2cc1OC)NC(C)C3. The van der Waals surface area contributed by atoms with Gasteiger partial charge in [-0.15, -0.1) is 0 Å². The van der Waals surface area contributed by atoms with Crippen LogP contribution < -0.4 is 20.5 Å². The first-order valence-corrected chi connectivity index (χ1v) is 6.07. The summed E-state index contributed by atoms with van der Waals surface area (Å²) in [6.45, 7) is 2.66. The lowest BCUT2D eigenvalue weighted by atomic mass is 10.2. The average molecular weight is 261 g/mol. The Bertz CT molecular complexity index is 708. The molecule has 1 atom stereocenters. The topological polar surface area (TPSA) is 65.4 Å². The monoisotopic (exact) mass is 261 g/mol. The number of hydrogen-bond donors (Lipinski definition) is 1. The summed E-state index contributed by atoms with van der Waals surface area (Å²) in [5, 5.41) is 4.16. The van der Waals surface area contributed by atoms with Crippen LogP contribution in [0.4, 0.5) is 5.82 Å². The van der Waals surface area contributed by atoms with Gasteiger partial charge < -0.3 is 14.8 Å². The Kier molecular flexibility index (Phi) is 2.58. The second-order valence-electron chi connectivity index (χ2n) is 4.62. The van der Waals surface area contributed by atoms with Gasteiger partial charge in [0.2, 0.25) is 0 Å². The molecule has 3 rings (SSSR count). The van der Waals surface area contributed by atoms with Crippen molar-refractivity contribution in [3.8, 4) is 11.5 Å². The fourth-order valence-corrected chi connectivity index (χ4v) is 2.43. The molecule has 1 aliphatic heterocycles. The number of methoxy groups -OCH3 is 2. The van der Waals surface area contributed by atoms with Crippen molar-refractivity contribution in [3.05, 3.63) is 22.6 Å². The number of hydrogen-bond acceptors (Lipinski definition) is 5. The normalized spacial score (nSPS) is 17.1. The fourth-order valence-electron chi connectivity index (χ4n) is 2.43. The van der Waals surface area contributed by atoms with Crippen LogP contribution in [0.15, 0.2) is 16.9 Å². The molecule has 1 aliphatic rings. The van der Waals surface area contributed by atoms with Crippen molar-refractivity contribution < 1.29 is 9.47 Å². The molecule has 0 saturated carbocycles. The molecule has 19 heavy (non-hydrogen) atoms. The van der Waals surface area contributed by atoms with E-state index in [2.05, 4.69) is 10.3 Å². The van der Waals surface area contributed by atoms with Crippen molar-refractivity contribution in [1.29, 1.82) is 0 Å². The minimum absolute atomic E-state index is 0.216. The van der Waals surface area contributed by atoms with Gasteiger partial charge >= 0.3 is 5.69 Å². The van der Waals surface area contributed by atoms with Crippen LogP contribution in [-0.2, 0) is 6.54 Å². The van der Waals surface area contributed by atoms with Crippen molar-refractivity contribution in [3.63, 3.8) is 0 Å². The summed E-state index contributed by atoms with van der Waals surface area (Å²) in [5.41, 5.74) is 0.363. The molecule has 6 heteroatoms. The second-order valence-corrected chi connectivity index (χ2v) is 4.62. The van der Waals surface area contributed by atoms with Gasteiger partial charge in [0.05, 0.1) is 19.7 Å². The minimum atomic E-state index is -0.244. The molecule has 1 aromatic heterocycles. The number of benzene rings is 1. The first-order chi connectivity index (χ1) is 9.13. The third-order valence-corrected chi connectivity index (χ3v) is 3.31. The third kappa shape index (κ3) is 1.71. The molecule has 1 unspecified atom stereocenters. The Morgan fingerprint density at radius 3 is 2.68 bits per heavy atom. The minimum Gasteiger partial charge on any atom is -0.493 e. The first kappa shape index (κ1) is 11.8. The Balaban J connectivity index is 2.35. The Morgan fingerprint density at radius 1 is 1.32 bits per heavy atom. The highest BCUT2D eigenvalue weighted by atomic mass is 16.5. The molecule has 2 aromatic rings. The summed E-state index contributed by atoms with van der Waals surface area (Å²) in [6.07, 6.45) is 0. The second kappa shape index (κ2) is 4.15. The Hall–Kier alpha value is -2.24. The van der Waals surface area contributed by atoms with E-state index >= 15 is 0 Å². The van der Waals surface area contributed by atoms with Crippen LogP contribution in [0, 0.1) is 0 Å². The van der Waals surface area contributed by atoms with E-state index in [4.69, 9.17) is 9.47 Å². The van der Waals surface area contributed by atoms with E-state index in [-0.39, 0.29) is 11.7 Å². The highest BCUT2D eigenvalue weighted by molar-refractivity contribution is 5.92. The zero-order valence-corrected chi connectivity index (χ0v) is 11.1. The van der Waals surface area contributed by atoms with Crippen LogP contribution in [-0.4, -0.2) is 29.8 Å². The highest BCUT2D eigenvalue weighted by Crippen LogP contribution is 2.35. The van der Waals surface area contributed by atoms with Crippen molar-refractivity contribution in [2.24, 2.45) is 0 Å². The maximum atomic E-state index is 12.0. The molecule has 0 bridgehead atoms. The summed E-state index contributed by atoms with van der Waals surface area (Å²) in [6, 6.07) is 3.78. The van der Waals surface area contributed by atoms with Gasteiger partial charge in [-0.2, -0.15) is 4.98 Å². The number of nitrogens with zero attached hydrogens (tertiary/aromatic N) is 2. The van der Waals surface area contributed by atoms with E-state index in [0.717, 1.165) is 11.2 Å². The van der Waals surface area contributed by atoms with Gasteiger partial charge in [0, 0.05) is 24.0 Å². The largest absolute Gasteiger partial charge is 0.493 e. The summed E-state index contributed by atoms with van der Waals surface area (Å²) in [5.74, 6) is 1.99. The molecule has 0 radical (unpaired) electrons. The average Bonchev–Trinajstić information content (AvgIpc) is 2.80. The molecular weight excluding hydrogens is 246 g/mol. The molecule has 6 nitrogen and oxygen atoms in total. The van der Waals surface area contributed by atoms with Crippen molar-refractivity contribution in [2.75, 3.05) is 19.5 Å². The molecule has 0 aliphatic carbocycles. The maximum absolute atomic E-state index is 12.0. The molecule has 100 valence electrons. The van der Waals surface area contributed by atoms with Gasteiger partial charge in [-0.05, 0) is 13.0 Å². The van der Waals surface area contributed by atoms with Crippen LogP contribution in [0.1, 0.15) is 6.92 Å². The third-order valence-electron chi connectivity index (χ3n) is 3.31. The standard InChI is InChI=1S/C13H15N3O3/c1-7-6-16-12(14-7)8-4-10(18-2)11(19-3)5-9(8)15-13(16)17/h4-5,7,14H,6H2,1-3H3. The Labute approximate surface area is 110 Å². The smallest absolute Gasteiger partial charge is 0.349 e. The molecule has 0 amide bonds. The van der Waals surface area contributed by atoms with E-state index in [1.165, 1.54) is 0 Å². The number of anilines is 1. The fraction of sp³-hybridized carbons (Fsp3) is 0.385. The van der Waals surface area contributed by atoms with E-state index in [9.17, 15) is 4.79 Å². The number of rotatable bonds is 2. The van der Waals surface area contributed by atoms with E-state index in [0.29, 0.717) is 23.6 Å². The van der Waals surface area contributed by atoms with Crippen molar-refractivity contribution >= 4 is 16.7 Å². The quantitative estimate of drug-likeness (QED) is 0.880. The lowest BCUT2D eigenvalue weighted by Gasteiger charge is -2.11. The van der Waals surface area contributed by atoms with Gasteiger partial charge in [-0.3, -0.25) is 4.57 Å². The van der Waals surface area contributed by atoms with Crippen LogP contribution in [0.5, 0.6) is 11.5 Å². The molecule has 1 aromatic carbocycles. The van der Waals surface area contributed by atoms with Crippen LogP contribution >= 0.6 is 0 Å². The number of ether oxygens (including phenoxy) is 2. The van der Waals surface area contributed by atoms with Gasteiger partial charge in [-0.1, -0.05) is 0 Å². The lowest BCUT2D eigenvalue weighted by Crippen LogP contribution is -2.21. The molecule has 0 spiro atoms. The van der Waals surface area contributed by atoms with Crippen LogP contribution in [0.3, 0.4) is 0 Å².